The summed E-state index contributed by atoms with van der Waals surface area (Å²) in [5.41, 5.74) is 6.32. The Balaban J connectivity index is 1.54. The van der Waals surface area contributed by atoms with Crippen molar-refractivity contribution in [2.45, 2.75) is 119 Å². The largest absolute Gasteiger partial charge is 0.393 e. The van der Waals surface area contributed by atoms with Gasteiger partial charge in [0.2, 0.25) is 0 Å². The molecule has 31 heavy (non-hydrogen) atoms. The first-order valence-electron chi connectivity index (χ1n) is 13.7. The van der Waals surface area contributed by atoms with E-state index >= 15 is 0 Å². The van der Waals surface area contributed by atoms with Crippen molar-refractivity contribution in [3.8, 4) is 0 Å². The molecule has 0 aliphatic heterocycles. The van der Waals surface area contributed by atoms with Gasteiger partial charge in [0.25, 0.3) is 0 Å². The number of rotatable bonds is 5. The molecule has 1 N–H and O–H groups in total. The summed E-state index contributed by atoms with van der Waals surface area (Å²) in [6.45, 7) is 17.1. The van der Waals surface area contributed by atoms with Gasteiger partial charge in [-0.05, 0) is 117 Å². The molecule has 1 unspecified atom stereocenters. The minimum absolute atomic E-state index is 0.0707. The van der Waals surface area contributed by atoms with E-state index in [1.54, 1.807) is 5.57 Å². The van der Waals surface area contributed by atoms with Gasteiger partial charge in [-0.15, -0.1) is 0 Å². The van der Waals surface area contributed by atoms with Crippen molar-refractivity contribution in [1.82, 2.24) is 0 Å². The van der Waals surface area contributed by atoms with Gasteiger partial charge in [0.05, 0.1) is 6.10 Å². The van der Waals surface area contributed by atoms with E-state index in [1.807, 2.05) is 11.1 Å². The third kappa shape index (κ3) is 3.79. The van der Waals surface area contributed by atoms with Crippen LogP contribution in [0.15, 0.2) is 22.8 Å². The highest BCUT2D eigenvalue weighted by atomic mass is 16.3. The molecule has 4 aliphatic carbocycles. The van der Waals surface area contributed by atoms with Crippen molar-refractivity contribution in [2.75, 3.05) is 0 Å². The van der Waals surface area contributed by atoms with Crippen molar-refractivity contribution in [3.63, 3.8) is 0 Å². The second-order valence-corrected chi connectivity index (χ2v) is 12.8. The van der Waals surface area contributed by atoms with Crippen LogP contribution in [-0.2, 0) is 0 Å². The van der Waals surface area contributed by atoms with E-state index in [0.717, 1.165) is 24.2 Å². The molecule has 2 saturated carbocycles. The van der Waals surface area contributed by atoms with Gasteiger partial charge >= 0.3 is 0 Å². The zero-order chi connectivity index (χ0) is 22.6. The van der Waals surface area contributed by atoms with Gasteiger partial charge in [-0.1, -0.05) is 64.3 Å². The maximum Gasteiger partial charge on any atom is 0.0569 e. The first-order chi connectivity index (χ1) is 14.6. The van der Waals surface area contributed by atoms with Crippen LogP contribution in [0.1, 0.15) is 113 Å². The maximum atomic E-state index is 10.5. The van der Waals surface area contributed by atoms with Crippen LogP contribution in [0.4, 0.5) is 0 Å². The lowest BCUT2D eigenvalue weighted by molar-refractivity contribution is -0.0336. The van der Waals surface area contributed by atoms with E-state index in [1.165, 1.54) is 57.8 Å². The molecule has 0 heterocycles. The normalized spacial score (nSPS) is 44.2. The number of fused-ring (bicyclic) bond motifs is 4. The summed E-state index contributed by atoms with van der Waals surface area (Å²) < 4.78 is 0. The second kappa shape index (κ2) is 8.66. The average Bonchev–Trinajstić information content (AvgIpc) is 3.08. The quantitative estimate of drug-likeness (QED) is 0.438. The number of allylic oxidation sites excluding steroid dienone is 4. The molecule has 0 aromatic rings. The molecule has 0 aromatic carbocycles. The average molecular weight is 427 g/mol. The van der Waals surface area contributed by atoms with Crippen LogP contribution in [0.3, 0.4) is 0 Å². The zero-order valence-corrected chi connectivity index (χ0v) is 21.6. The Morgan fingerprint density at radius 2 is 1.81 bits per heavy atom. The van der Waals surface area contributed by atoms with Gasteiger partial charge in [-0.3, -0.25) is 0 Å². The number of hydrogen-bond acceptors (Lipinski definition) is 1. The van der Waals surface area contributed by atoms with Gasteiger partial charge in [-0.25, -0.2) is 0 Å². The zero-order valence-electron chi connectivity index (χ0n) is 21.6. The standard InChI is InChI=1S/C30H50O/c1-8-22(19(2)3)10-9-20(4)24-13-14-26-23-11-12-25-21(5)28(31)16-18-30(25,7)27(23)15-17-29(24,26)6/h8,19-21,24-26,28,31H,9-18H2,1-7H3/b22-8-/t20-,21+,24-,25?,26+,28+,29-,30+/m1/s1. The molecular formula is C30H50O. The summed E-state index contributed by atoms with van der Waals surface area (Å²) in [5, 5.41) is 10.5. The molecule has 0 radical (unpaired) electrons. The fraction of sp³-hybridized carbons (Fsp3) is 0.867. The van der Waals surface area contributed by atoms with Crippen LogP contribution in [0, 0.1) is 46.3 Å². The van der Waals surface area contributed by atoms with E-state index < -0.39 is 0 Å². The summed E-state index contributed by atoms with van der Waals surface area (Å²) >= 11 is 0. The summed E-state index contributed by atoms with van der Waals surface area (Å²) in [7, 11) is 0. The third-order valence-corrected chi connectivity index (χ3v) is 11.3. The molecular weight excluding hydrogens is 376 g/mol. The van der Waals surface area contributed by atoms with Crippen molar-refractivity contribution in [3.05, 3.63) is 22.8 Å². The van der Waals surface area contributed by atoms with Crippen LogP contribution in [-0.4, -0.2) is 11.2 Å². The van der Waals surface area contributed by atoms with Crippen LogP contribution < -0.4 is 0 Å². The maximum absolute atomic E-state index is 10.5. The molecule has 1 heteroatoms. The molecule has 0 bridgehead atoms. The van der Waals surface area contributed by atoms with Gasteiger partial charge in [-0.2, -0.15) is 0 Å². The Bertz CT molecular complexity index is 729. The molecule has 1 nitrogen and oxygen atoms in total. The van der Waals surface area contributed by atoms with Crippen molar-refractivity contribution < 1.29 is 5.11 Å². The first-order valence-corrected chi connectivity index (χ1v) is 13.7. The van der Waals surface area contributed by atoms with E-state index in [9.17, 15) is 5.11 Å². The van der Waals surface area contributed by atoms with Gasteiger partial charge < -0.3 is 5.11 Å². The molecule has 0 spiro atoms. The second-order valence-electron chi connectivity index (χ2n) is 12.8. The van der Waals surface area contributed by atoms with Crippen molar-refractivity contribution in [1.29, 1.82) is 0 Å². The highest BCUT2D eigenvalue weighted by Gasteiger charge is 2.56. The van der Waals surface area contributed by atoms with Crippen molar-refractivity contribution in [2.24, 2.45) is 46.3 Å². The van der Waals surface area contributed by atoms with Gasteiger partial charge in [0, 0.05) is 0 Å². The fourth-order valence-corrected chi connectivity index (χ4v) is 9.25. The smallest absolute Gasteiger partial charge is 0.0569 e. The highest BCUT2D eigenvalue weighted by Crippen LogP contribution is 2.66. The number of aliphatic hydroxyl groups is 1. The van der Waals surface area contributed by atoms with Crippen molar-refractivity contribution >= 4 is 0 Å². The lowest BCUT2D eigenvalue weighted by Crippen LogP contribution is -2.49. The predicted molar refractivity (Wildman–Crippen MR) is 133 cm³/mol. The Hall–Kier alpha value is -0.560. The van der Waals surface area contributed by atoms with E-state index in [-0.39, 0.29) is 6.10 Å². The molecule has 8 atom stereocenters. The Kier molecular flexibility index (Phi) is 6.59. The van der Waals surface area contributed by atoms with E-state index in [4.69, 9.17) is 0 Å². The number of aliphatic hydroxyl groups excluding tert-OH is 1. The van der Waals surface area contributed by atoms with Crippen LogP contribution in [0.5, 0.6) is 0 Å². The molecule has 4 aliphatic rings. The van der Waals surface area contributed by atoms with Gasteiger partial charge in [0.15, 0.2) is 0 Å². The monoisotopic (exact) mass is 426 g/mol. The minimum Gasteiger partial charge on any atom is -0.393 e. The summed E-state index contributed by atoms with van der Waals surface area (Å²) in [6.07, 6.45) is 15.5. The van der Waals surface area contributed by atoms with Gasteiger partial charge in [0.1, 0.15) is 0 Å². The molecule has 176 valence electrons. The first kappa shape index (κ1) is 23.6. The lowest BCUT2D eigenvalue weighted by Gasteiger charge is -2.56. The molecule has 0 amide bonds. The molecule has 2 fully saturated rings. The molecule has 4 rings (SSSR count). The third-order valence-electron chi connectivity index (χ3n) is 11.3. The van der Waals surface area contributed by atoms with E-state index in [2.05, 4.69) is 54.5 Å². The summed E-state index contributed by atoms with van der Waals surface area (Å²) in [4.78, 5) is 0. The lowest BCUT2D eigenvalue weighted by atomic mass is 9.49. The number of hydrogen-bond donors (Lipinski definition) is 1. The predicted octanol–water partition coefficient (Wildman–Crippen LogP) is 8.34. The topological polar surface area (TPSA) is 20.2 Å². The van der Waals surface area contributed by atoms with Crippen LogP contribution >= 0.6 is 0 Å². The molecule has 0 aromatic heterocycles. The Labute approximate surface area is 193 Å². The van der Waals surface area contributed by atoms with Crippen LogP contribution in [0.2, 0.25) is 0 Å². The molecule has 0 saturated heterocycles. The minimum atomic E-state index is -0.0707. The Morgan fingerprint density at radius 1 is 1.06 bits per heavy atom. The summed E-state index contributed by atoms with van der Waals surface area (Å²) in [5.74, 6) is 4.44. The van der Waals surface area contributed by atoms with E-state index in [0.29, 0.717) is 28.6 Å². The highest BCUT2D eigenvalue weighted by molar-refractivity contribution is 5.34. The Morgan fingerprint density at radius 3 is 2.48 bits per heavy atom. The van der Waals surface area contributed by atoms with Crippen LogP contribution in [0.25, 0.3) is 0 Å². The SMILES string of the molecule is C/C=C(/CC[C@@H](C)[C@H]1CC[C@H]2C3=C(CC[C@]12C)[C@@]1(C)CC[C@H](O)[C@@H](C)C1CC3)C(C)C. The summed E-state index contributed by atoms with van der Waals surface area (Å²) in [6, 6.07) is 0. The fourth-order valence-electron chi connectivity index (χ4n) is 9.25.